The lowest BCUT2D eigenvalue weighted by Gasteiger charge is -2.26. The number of pyridine rings is 1. The molecule has 0 unspecified atom stereocenters. The van der Waals surface area contributed by atoms with E-state index in [9.17, 15) is 0 Å². The number of ether oxygens (including phenoxy) is 1. The molecule has 94 valence electrons. The smallest absolute Gasteiger partial charge is 0.145 e. The molecule has 0 aliphatic heterocycles. The van der Waals surface area contributed by atoms with Gasteiger partial charge in [0.25, 0.3) is 0 Å². The number of aromatic nitrogens is 1. The molecule has 2 N–H and O–H groups in total. The summed E-state index contributed by atoms with van der Waals surface area (Å²) in [6.45, 7) is 3.89. The average Bonchev–Trinajstić information content (AvgIpc) is 2.34. The van der Waals surface area contributed by atoms with Gasteiger partial charge in [0.05, 0.1) is 10.7 Å². The van der Waals surface area contributed by atoms with Crippen LogP contribution in [0.2, 0.25) is 5.02 Å². The lowest BCUT2D eigenvalue weighted by molar-refractivity contribution is 0.104. The molecule has 0 aliphatic rings. The second kappa shape index (κ2) is 4.86. The predicted octanol–water partition coefficient (Wildman–Crippen LogP) is 3.63. The average molecular weight is 263 g/mol. The van der Waals surface area contributed by atoms with Crippen LogP contribution in [0.15, 0.2) is 42.6 Å². The van der Waals surface area contributed by atoms with Gasteiger partial charge in [0.15, 0.2) is 0 Å². The number of hydrogen-bond acceptors (Lipinski definition) is 3. The van der Waals surface area contributed by atoms with Crippen LogP contribution in [0.3, 0.4) is 0 Å². The van der Waals surface area contributed by atoms with E-state index in [1.54, 1.807) is 24.4 Å². The van der Waals surface area contributed by atoms with E-state index in [1.807, 2.05) is 32.0 Å². The monoisotopic (exact) mass is 262 g/mol. The molecule has 3 nitrogen and oxygen atoms in total. The molecule has 0 spiro atoms. The van der Waals surface area contributed by atoms with Gasteiger partial charge in [-0.1, -0.05) is 17.7 Å². The molecule has 0 atom stereocenters. The van der Waals surface area contributed by atoms with E-state index in [-0.39, 0.29) is 0 Å². The van der Waals surface area contributed by atoms with Gasteiger partial charge in [-0.3, -0.25) is 4.98 Å². The Morgan fingerprint density at radius 2 is 2.00 bits per heavy atom. The summed E-state index contributed by atoms with van der Waals surface area (Å²) in [6.07, 6.45) is 1.74. The molecule has 1 aromatic carbocycles. The van der Waals surface area contributed by atoms with E-state index in [0.29, 0.717) is 16.5 Å². The van der Waals surface area contributed by atoms with Crippen molar-refractivity contribution >= 4 is 17.3 Å². The third-order valence-corrected chi connectivity index (χ3v) is 2.90. The SMILES string of the molecule is CC(C)(Oc1ccc(N)cc1Cl)c1ccccn1. The van der Waals surface area contributed by atoms with E-state index < -0.39 is 5.60 Å². The van der Waals surface area contributed by atoms with Crippen molar-refractivity contribution in [3.05, 3.63) is 53.3 Å². The molecule has 0 aliphatic carbocycles. The van der Waals surface area contributed by atoms with Crippen molar-refractivity contribution in [2.45, 2.75) is 19.4 Å². The van der Waals surface area contributed by atoms with Crippen molar-refractivity contribution in [1.82, 2.24) is 4.98 Å². The van der Waals surface area contributed by atoms with Gasteiger partial charge < -0.3 is 10.5 Å². The molecule has 0 bridgehead atoms. The number of hydrogen-bond donors (Lipinski definition) is 1. The highest BCUT2D eigenvalue weighted by molar-refractivity contribution is 6.32. The Hall–Kier alpha value is -1.74. The zero-order chi connectivity index (χ0) is 13.2. The number of nitrogens with zero attached hydrogens (tertiary/aromatic N) is 1. The van der Waals surface area contributed by atoms with Gasteiger partial charge in [0.2, 0.25) is 0 Å². The molecule has 0 saturated carbocycles. The molecule has 0 fully saturated rings. The van der Waals surface area contributed by atoms with Crippen LogP contribution >= 0.6 is 11.6 Å². The maximum Gasteiger partial charge on any atom is 0.145 e. The number of nitrogen functional groups attached to an aromatic ring is 1. The number of benzene rings is 1. The van der Waals surface area contributed by atoms with E-state index in [1.165, 1.54) is 0 Å². The number of rotatable bonds is 3. The first-order valence-corrected chi connectivity index (χ1v) is 6.02. The minimum atomic E-state index is -0.555. The summed E-state index contributed by atoms with van der Waals surface area (Å²) in [4.78, 5) is 4.30. The van der Waals surface area contributed by atoms with Gasteiger partial charge in [0, 0.05) is 11.9 Å². The molecule has 1 aromatic heterocycles. The Morgan fingerprint density at radius 3 is 2.61 bits per heavy atom. The van der Waals surface area contributed by atoms with Gasteiger partial charge >= 0.3 is 0 Å². The minimum Gasteiger partial charge on any atom is -0.480 e. The molecular weight excluding hydrogens is 248 g/mol. The lowest BCUT2D eigenvalue weighted by atomic mass is 10.0. The highest BCUT2D eigenvalue weighted by atomic mass is 35.5. The summed E-state index contributed by atoms with van der Waals surface area (Å²) in [5.41, 5.74) is 6.55. The maximum atomic E-state index is 6.10. The molecule has 18 heavy (non-hydrogen) atoms. The summed E-state index contributed by atoms with van der Waals surface area (Å²) < 4.78 is 5.92. The van der Waals surface area contributed by atoms with Crippen LogP contribution in [-0.4, -0.2) is 4.98 Å². The minimum absolute atomic E-state index is 0.499. The van der Waals surface area contributed by atoms with Crippen LogP contribution in [-0.2, 0) is 5.60 Å². The van der Waals surface area contributed by atoms with E-state index in [4.69, 9.17) is 22.1 Å². The topological polar surface area (TPSA) is 48.1 Å². The van der Waals surface area contributed by atoms with Gasteiger partial charge in [-0.25, -0.2) is 0 Å². The van der Waals surface area contributed by atoms with Crippen LogP contribution in [0.5, 0.6) is 5.75 Å². The quantitative estimate of drug-likeness (QED) is 0.860. The first kappa shape index (κ1) is 12.7. The van der Waals surface area contributed by atoms with Gasteiger partial charge in [-0.2, -0.15) is 0 Å². The van der Waals surface area contributed by atoms with Gasteiger partial charge in [-0.15, -0.1) is 0 Å². The molecule has 4 heteroatoms. The first-order valence-electron chi connectivity index (χ1n) is 5.64. The summed E-state index contributed by atoms with van der Waals surface area (Å²) in [7, 11) is 0. The van der Waals surface area contributed by atoms with Crippen LogP contribution in [0.25, 0.3) is 0 Å². The number of nitrogens with two attached hydrogens (primary N) is 1. The Kier molecular flexibility index (Phi) is 3.43. The number of anilines is 1. The van der Waals surface area contributed by atoms with Crippen molar-refractivity contribution in [2.24, 2.45) is 0 Å². The highest BCUT2D eigenvalue weighted by Crippen LogP contribution is 2.32. The van der Waals surface area contributed by atoms with Crippen molar-refractivity contribution in [2.75, 3.05) is 5.73 Å². The van der Waals surface area contributed by atoms with Crippen LogP contribution in [0.1, 0.15) is 19.5 Å². The maximum absolute atomic E-state index is 6.10. The van der Waals surface area contributed by atoms with Crippen molar-refractivity contribution in [3.8, 4) is 5.75 Å². The normalized spacial score (nSPS) is 11.3. The van der Waals surface area contributed by atoms with Crippen molar-refractivity contribution < 1.29 is 4.74 Å². The van der Waals surface area contributed by atoms with Crippen molar-refractivity contribution in [3.63, 3.8) is 0 Å². The first-order chi connectivity index (χ1) is 8.49. The second-order valence-corrected chi connectivity index (χ2v) is 4.92. The molecule has 1 heterocycles. The second-order valence-electron chi connectivity index (χ2n) is 4.52. The summed E-state index contributed by atoms with van der Waals surface area (Å²) in [6, 6.07) is 10.9. The fourth-order valence-corrected chi connectivity index (χ4v) is 1.87. The third kappa shape index (κ3) is 2.74. The molecule has 0 radical (unpaired) electrons. The number of halogens is 1. The zero-order valence-corrected chi connectivity index (χ0v) is 11.1. The summed E-state index contributed by atoms with van der Waals surface area (Å²) in [5.74, 6) is 0.599. The molecule has 0 amide bonds. The van der Waals surface area contributed by atoms with Crippen LogP contribution < -0.4 is 10.5 Å². The largest absolute Gasteiger partial charge is 0.480 e. The third-order valence-electron chi connectivity index (χ3n) is 2.60. The van der Waals surface area contributed by atoms with E-state index in [0.717, 1.165) is 5.69 Å². The Balaban J connectivity index is 2.28. The van der Waals surface area contributed by atoms with E-state index in [2.05, 4.69) is 4.98 Å². The molecular formula is C14H15ClN2O. The van der Waals surface area contributed by atoms with Gasteiger partial charge in [-0.05, 0) is 44.2 Å². The van der Waals surface area contributed by atoms with Crippen molar-refractivity contribution in [1.29, 1.82) is 0 Å². The lowest BCUT2D eigenvalue weighted by Crippen LogP contribution is -2.26. The Labute approximate surface area is 112 Å². The fourth-order valence-electron chi connectivity index (χ4n) is 1.65. The van der Waals surface area contributed by atoms with Gasteiger partial charge in [0.1, 0.15) is 11.4 Å². The molecule has 2 rings (SSSR count). The predicted molar refractivity (Wildman–Crippen MR) is 73.8 cm³/mol. The van der Waals surface area contributed by atoms with Crippen LogP contribution in [0.4, 0.5) is 5.69 Å². The Bertz CT molecular complexity index is 541. The summed E-state index contributed by atoms with van der Waals surface area (Å²) >= 11 is 6.10. The van der Waals surface area contributed by atoms with Crippen LogP contribution in [0, 0.1) is 0 Å². The standard InChI is InChI=1S/C14H15ClN2O/c1-14(2,13-5-3-4-8-17-13)18-12-7-6-10(16)9-11(12)15/h3-9H,16H2,1-2H3. The van der Waals surface area contributed by atoms with E-state index >= 15 is 0 Å². The highest BCUT2D eigenvalue weighted by Gasteiger charge is 2.24. The fraction of sp³-hybridized carbons (Fsp3) is 0.214. The zero-order valence-electron chi connectivity index (χ0n) is 10.4. The molecule has 0 saturated heterocycles. The summed E-state index contributed by atoms with van der Waals surface area (Å²) in [5, 5.41) is 0.499. The molecule has 2 aromatic rings. The Morgan fingerprint density at radius 1 is 1.22 bits per heavy atom.